The molecule has 0 aromatic rings. The van der Waals surface area contributed by atoms with E-state index in [-0.39, 0.29) is 24.8 Å². The zero-order valence-corrected chi connectivity index (χ0v) is 7.73. The third-order valence-electron chi connectivity index (χ3n) is 1.25. The van der Waals surface area contributed by atoms with Gasteiger partial charge < -0.3 is 9.84 Å². The molecule has 0 radical (unpaired) electrons. The molecule has 0 fully saturated rings. The summed E-state index contributed by atoms with van der Waals surface area (Å²) in [5.41, 5.74) is 0. The Morgan fingerprint density at radius 2 is 1.75 bits per heavy atom. The molecule has 0 aliphatic heterocycles. The normalized spacial score (nSPS) is 8.42. The maximum Gasteiger partial charge on any atom is 0.305 e. The topological polar surface area (TPSA) is 63.6 Å². The van der Waals surface area contributed by atoms with Crippen LogP contribution in [0.5, 0.6) is 0 Å². The van der Waals surface area contributed by atoms with Gasteiger partial charge in [0.2, 0.25) is 0 Å². The van der Waals surface area contributed by atoms with Crippen molar-refractivity contribution < 1.29 is 19.4 Å². The molecule has 5 heteroatoms. The summed E-state index contributed by atoms with van der Waals surface area (Å²) in [5, 5.41) is 8.22. The highest BCUT2D eigenvalue weighted by molar-refractivity contribution is 5.85. The van der Waals surface area contributed by atoms with E-state index in [0.717, 1.165) is 0 Å². The summed E-state index contributed by atoms with van der Waals surface area (Å²) in [6, 6.07) is 0. The van der Waals surface area contributed by atoms with Crippen LogP contribution >= 0.6 is 12.4 Å². The predicted molar refractivity (Wildman–Crippen MR) is 45.4 cm³/mol. The van der Waals surface area contributed by atoms with Crippen molar-refractivity contribution in [3.8, 4) is 0 Å². The molecule has 0 aromatic carbocycles. The van der Waals surface area contributed by atoms with Gasteiger partial charge in [0.1, 0.15) is 0 Å². The van der Waals surface area contributed by atoms with Crippen LogP contribution in [0.3, 0.4) is 0 Å². The molecular formula is C7H13ClO4. The minimum Gasteiger partial charge on any atom is -0.481 e. The summed E-state index contributed by atoms with van der Waals surface area (Å²) in [7, 11) is 1.32. The first-order valence-electron chi connectivity index (χ1n) is 3.45. The minimum atomic E-state index is -0.824. The Kier molecular flexibility index (Phi) is 9.57. The molecule has 1 N–H and O–H groups in total. The van der Waals surface area contributed by atoms with Crippen molar-refractivity contribution in [2.24, 2.45) is 0 Å². The van der Waals surface area contributed by atoms with Crippen molar-refractivity contribution in [1.82, 2.24) is 0 Å². The predicted octanol–water partition coefficient (Wildman–Crippen LogP) is 1.23. The van der Waals surface area contributed by atoms with Crippen molar-refractivity contribution in [1.29, 1.82) is 0 Å². The van der Waals surface area contributed by atoms with Gasteiger partial charge in [-0.1, -0.05) is 0 Å². The number of carbonyl (C=O) groups excluding carboxylic acids is 1. The number of aliphatic carboxylic acids is 1. The van der Waals surface area contributed by atoms with Gasteiger partial charge in [-0.3, -0.25) is 9.59 Å². The van der Waals surface area contributed by atoms with Crippen LogP contribution < -0.4 is 0 Å². The zero-order valence-electron chi connectivity index (χ0n) is 6.91. The lowest BCUT2D eigenvalue weighted by atomic mass is 10.2. The number of ether oxygens (including phenoxy) is 1. The maximum atomic E-state index is 10.5. The Morgan fingerprint density at radius 1 is 1.25 bits per heavy atom. The molecule has 0 spiro atoms. The molecule has 0 amide bonds. The Labute approximate surface area is 77.3 Å². The van der Waals surface area contributed by atoms with Gasteiger partial charge in [0.15, 0.2) is 0 Å². The number of unbranched alkanes of at least 4 members (excludes halogenated alkanes) is 1. The maximum absolute atomic E-state index is 10.5. The van der Waals surface area contributed by atoms with Crippen LogP contribution in [0.25, 0.3) is 0 Å². The van der Waals surface area contributed by atoms with Crippen molar-refractivity contribution in [3.63, 3.8) is 0 Å². The molecule has 0 aromatic heterocycles. The summed E-state index contributed by atoms with van der Waals surface area (Å²) in [4.78, 5) is 20.5. The first kappa shape index (κ1) is 13.8. The second-order valence-corrected chi connectivity index (χ2v) is 2.18. The van der Waals surface area contributed by atoms with E-state index in [1.807, 2.05) is 0 Å². The van der Waals surface area contributed by atoms with Gasteiger partial charge in [-0.25, -0.2) is 0 Å². The average Bonchev–Trinajstić information content (AvgIpc) is 1.97. The third-order valence-corrected chi connectivity index (χ3v) is 1.25. The third kappa shape index (κ3) is 9.23. The van der Waals surface area contributed by atoms with E-state index in [1.165, 1.54) is 7.11 Å². The SMILES string of the molecule is COC(=O)CCCCC(=O)O.Cl. The standard InChI is InChI=1S/C7H12O4.ClH/c1-11-7(10)5-3-2-4-6(8)9;/h2-5H2,1H3,(H,8,9);1H. The molecule has 0 rings (SSSR count). The molecular weight excluding hydrogens is 184 g/mol. The number of carboxylic acid groups (broad SMARTS) is 1. The fourth-order valence-electron chi connectivity index (χ4n) is 0.648. The number of rotatable bonds is 5. The number of methoxy groups -OCH3 is 1. The van der Waals surface area contributed by atoms with E-state index in [4.69, 9.17) is 5.11 Å². The van der Waals surface area contributed by atoms with E-state index in [0.29, 0.717) is 19.3 Å². The van der Waals surface area contributed by atoms with Crippen LogP contribution in [-0.4, -0.2) is 24.2 Å². The first-order chi connectivity index (χ1) is 5.16. The molecule has 0 saturated heterocycles. The molecule has 72 valence electrons. The van der Waals surface area contributed by atoms with E-state index in [9.17, 15) is 9.59 Å². The van der Waals surface area contributed by atoms with Crippen LogP contribution in [0.2, 0.25) is 0 Å². The van der Waals surface area contributed by atoms with Crippen molar-refractivity contribution in [3.05, 3.63) is 0 Å². The van der Waals surface area contributed by atoms with Gasteiger partial charge in [0.05, 0.1) is 7.11 Å². The quantitative estimate of drug-likeness (QED) is 0.531. The molecule has 0 atom stereocenters. The highest BCUT2D eigenvalue weighted by Gasteiger charge is 2.01. The molecule has 4 nitrogen and oxygen atoms in total. The second-order valence-electron chi connectivity index (χ2n) is 2.18. The summed E-state index contributed by atoms with van der Waals surface area (Å²) in [6.07, 6.45) is 1.55. The molecule has 0 aliphatic carbocycles. The van der Waals surface area contributed by atoms with Crippen molar-refractivity contribution in [2.45, 2.75) is 25.7 Å². The van der Waals surface area contributed by atoms with Gasteiger partial charge in [0, 0.05) is 12.8 Å². The Morgan fingerprint density at radius 3 is 2.17 bits per heavy atom. The lowest BCUT2D eigenvalue weighted by Gasteiger charge is -1.96. The summed E-state index contributed by atoms with van der Waals surface area (Å²) in [5.74, 6) is -1.11. The number of halogens is 1. The average molecular weight is 197 g/mol. The van der Waals surface area contributed by atoms with Gasteiger partial charge >= 0.3 is 11.9 Å². The number of carbonyl (C=O) groups is 2. The summed E-state index contributed by atoms with van der Waals surface area (Å²) in [6.45, 7) is 0. The van der Waals surface area contributed by atoms with E-state index in [2.05, 4.69) is 4.74 Å². The summed E-state index contributed by atoms with van der Waals surface area (Å²) < 4.78 is 4.37. The van der Waals surface area contributed by atoms with Crippen LogP contribution in [-0.2, 0) is 14.3 Å². The zero-order chi connectivity index (χ0) is 8.69. The Hall–Kier alpha value is -0.770. The monoisotopic (exact) mass is 196 g/mol. The van der Waals surface area contributed by atoms with E-state index in [1.54, 1.807) is 0 Å². The molecule has 0 aliphatic rings. The van der Waals surface area contributed by atoms with E-state index < -0.39 is 5.97 Å². The molecule has 0 bridgehead atoms. The van der Waals surface area contributed by atoms with Gasteiger partial charge in [-0.15, -0.1) is 12.4 Å². The fourth-order valence-corrected chi connectivity index (χ4v) is 0.648. The molecule has 0 saturated carbocycles. The number of esters is 1. The van der Waals surface area contributed by atoms with Gasteiger partial charge in [-0.2, -0.15) is 0 Å². The minimum absolute atomic E-state index is 0. The molecule has 12 heavy (non-hydrogen) atoms. The number of carboxylic acids is 1. The molecule has 0 heterocycles. The van der Waals surface area contributed by atoms with Crippen LogP contribution in [0.15, 0.2) is 0 Å². The van der Waals surface area contributed by atoms with E-state index >= 15 is 0 Å². The van der Waals surface area contributed by atoms with Gasteiger partial charge in [-0.05, 0) is 12.8 Å². The number of hydrogen-bond donors (Lipinski definition) is 1. The van der Waals surface area contributed by atoms with Gasteiger partial charge in [0.25, 0.3) is 0 Å². The Bertz CT molecular complexity index is 146. The summed E-state index contributed by atoms with van der Waals surface area (Å²) >= 11 is 0. The second kappa shape index (κ2) is 8.33. The van der Waals surface area contributed by atoms with Crippen molar-refractivity contribution in [2.75, 3.05) is 7.11 Å². The largest absolute Gasteiger partial charge is 0.481 e. The Balaban J connectivity index is 0. The van der Waals surface area contributed by atoms with Crippen LogP contribution in [0.1, 0.15) is 25.7 Å². The molecule has 0 unspecified atom stereocenters. The smallest absolute Gasteiger partial charge is 0.305 e. The first-order valence-corrected chi connectivity index (χ1v) is 3.45. The highest BCUT2D eigenvalue weighted by Crippen LogP contribution is 2.00. The highest BCUT2D eigenvalue weighted by atomic mass is 35.5. The van der Waals surface area contributed by atoms with Crippen LogP contribution in [0, 0.1) is 0 Å². The lowest BCUT2D eigenvalue weighted by Crippen LogP contribution is -2.00. The lowest BCUT2D eigenvalue weighted by molar-refractivity contribution is -0.141. The van der Waals surface area contributed by atoms with Crippen molar-refractivity contribution >= 4 is 24.3 Å². The fraction of sp³-hybridized carbons (Fsp3) is 0.714. The number of hydrogen-bond acceptors (Lipinski definition) is 3. The van der Waals surface area contributed by atoms with Crippen LogP contribution in [0.4, 0.5) is 0 Å².